The molecule has 0 radical (unpaired) electrons. The van der Waals surface area contributed by atoms with Crippen molar-refractivity contribution in [2.45, 2.75) is 98.1 Å². The van der Waals surface area contributed by atoms with Crippen molar-refractivity contribution in [2.24, 2.45) is 17.8 Å². The third-order valence-electron chi connectivity index (χ3n) is 9.49. The van der Waals surface area contributed by atoms with Gasteiger partial charge < -0.3 is 20.4 Å². The number of carbonyl (C=O) groups excluding carboxylic acids is 4. The zero-order valence-electron chi connectivity index (χ0n) is 28.8. The zero-order valence-corrected chi connectivity index (χ0v) is 28.8. The van der Waals surface area contributed by atoms with Crippen LogP contribution >= 0.6 is 0 Å². The highest BCUT2D eigenvalue weighted by atomic mass is 19.1. The van der Waals surface area contributed by atoms with E-state index in [4.69, 9.17) is 0 Å². The van der Waals surface area contributed by atoms with Gasteiger partial charge in [-0.25, -0.2) is 4.39 Å². The maximum Gasteiger partial charge on any atom is 0.245 e. The van der Waals surface area contributed by atoms with Gasteiger partial charge in [0, 0.05) is 57.9 Å². The molecule has 1 aliphatic carbocycles. The first kappa shape index (κ1) is 36.2. The zero-order chi connectivity index (χ0) is 34.1. The van der Waals surface area contributed by atoms with Crippen molar-refractivity contribution in [1.82, 2.24) is 24.9 Å². The normalized spacial score (nSPS) is 17.4. The third kappa shape index (κ3) is 9.95. The molecule has 10 nitrogen and oxygen atoms in total. The van der Waals surface area contributed by atoms with Gasteiger partial charge in [-0.05, 0) is 68.8 Å². The Morgan fingerprint density at radius 3 is 2.30 bits per heavy atom. The van der Waals surface area contributed by atoms with Crippen LogP contribution in [0.3, 0.4) is 0 Å². The fraction of sp³-hybridized carbons (Fsp3) is 0.639. The van der Waals surface area contributed by atoms with Gasteiger partial charge in [-0.1, -0.05) is 46.1 Å². The molecule has 0 spiro atoms. The van der Waals surface area contributed by atoms with Crippen molar-refractivity contribution in [3.63, 3.8) is 0 Å². The maximum atomic E-state index is 15.5. The number of piperazine rings is 1. The van der Waals surface area contributed by atoms with Crippen LogP contribution in [0, 0.1) is 23.6 Å². The summed E-state index contributed by atoms with van der Waals surface area (Å²) in [5.41, 5.74) is 1.95. The number of halogens is 1. The Kier molecular flexibility index (Phi) is 13.1. The summed E-state index contributed by atoms with van der Waals surface area (Å²) in [6, 6.07) is 5.54. The van der Waals surface area contributed by atoms with Gasteiger partial charge in [-0.2, -0.15) is 5.10 Å². The number of rotatable bonds is 14. The lowest BCUT2D eigenvalue weighted by molar-refractivity contribution is -0.137. The number of aromatic nitrogens is 2. The number of Topliss-reactive ketones (excluding diaryl/α,β-unsaturated/α-hetero) is 1. The van der Waals surface area contributed by atoms with E-state index in [0.29, 0.717) is 36.8 Å². The van der Waals surface area contributed by atoms with E-state index < -0.39 is 17.8 Å². The van der Waals surface area contributed by atoms with Gasteiger partial charge in [0.25, 0.3) is 0 Å². The molecule has 1 saturated carbocycles. The van der Waals surface area contributed by atoms with E-state index in [-0.39, 0.29) is 54.4 Å². The molecule has 2 heterocycles. The van der Waals surface area contributed by atoms with E-state index in [9.17, 15) is 19.2 Å². The van der Waals surface area contributed by atoms with Gasteiger partial charge in [-0.15, -0.1) is 0 Å². The quantitative estimate of drug-likeness (QED) is 0.282. The first-order valence-electron chi connectivity index (χ1n) is 17.4. The summed E-state index contributed by atoms with van der Waals surface area (Å²) >= 11 is 0. The minimum absolute atomic E-state index is 0.0318. The third-order valence-corrected chi connectivity index (χ3v) is 9.49. The number of amides is 3. The number of benzene rings is 1. The van der Waals surface area contributed by atoms with Crippen LogP contribution < -0.4 is 10.6 Å². The second-order valence-corrected chi connectivity index (χ2v) is 13.7. The molecule has 1 aromatic carbocycles. The van der Waals surface area contributed by atoms with E-state index in [1.165, 1.54) is 12.1 Å². The predicted octanol–water partition coefficient (Wildman–Crippen LogP) is 4.86. The van der Waals surface area contributed by atoms with Gasteiger partial charge in [0.2, 0.25) is 17.7 Å². The van der Waals surface area contributed by atoms with Gasteiger partial charge in [0.05, 0.1) is 11.4 Å². The van der Waals surface area contributed by atoms with Gasteiger partial charge in [0.15, 0.2) is 5.78 Å². The summed E-state index contributed by atoms with van der Waals surface area (Å²) < 4.78 is 17.3. The van der Waals surface area contributed by atoms with Crippen molar-refractivity contribution >= 4 is 29.2 Å². The lowest BCUT2D eigenvalue weighted by Crippen LogP contribution is -2.54. The minimum atomic E-state index is -0.815. The van der Waals surface area contributed by atoms with Crippen LogP contribution in [0.25, 0.3) is 0 Å². The average molecular weight is 653 g/mol. The Bertz CT molecular complexity index is 1390. The maximum absolute atomic E-state index is 15.5. The molecule has 3 amide bonds. The molecule has 258 valence electrons. The molecule has 2 fully saturated rings. The van der Waals surface area contributed by atoms with Crippen LogP contribution in [-0.2, 0) is 33.8 Å². The van der Waals surface area contributed by atoms with Crippen molar-refractivity contribution in [3.05, 3.63) is 47.0 Å². The number of hydrogen-bond acceptors (Lipinski definition) is 6. The molecule has 0 bridgehead atoms. The Hall–Kier alpha value is -3.60. The van der Waals surface area contributed by atoms with Crippen LogP contribution in [0.1, 0.15) is 94.4 Å². The van der Waals surface area contributed by atoms with Crippen LogP contribution in [0.5, 0.6) is 0 Å². The Morgan fingerprint density at radius 2 is 1.68 bits per heavy atom. The lowest BCUT2D eigenvalue weighted by Gasteiger charge is -2.34. The molecule has 1 aliphatic heterocycles. The first-order chi connectivity index (χ1) is 22.5. The largest absolute Gasteiger partial charge is 0.344 e. The molecule has 2 aliphatic rings. The molecule has 2 aromatic rings. The molecule has 47 heavy (non-hydrogen) atoms. The smallest absolute Gasteiger partial charge is 0.245 e. The standard InChI is InChI=1S/C36H53FN6O4/c1-6-34(45)38-31(36(47)42-17-15-41(5)16-18-42)21-25-13-14-30(29(37)20-25)39-35(46)28(26-11-9-8-10-12-26)23-33(44)32-22-27(19-24(3)4)40-43(32)7-2/h13-14,20,22,24,26,28,31H,6-12,15-19,21,23H2,1-5H3,(H,38,45)(H,39,46)/t28-,31+/m0/s1. The van der Waals surface area contributed by atoms with Crippen LogP contribution in [0.2, 0.25) is 0 Å². The Labute approximate surface area is 278 Å². The van der Waals surface area contributed by atoms with Gasteiger partial charge in [-0.3, -0.25) is 23.9 Å². The topological polar surface area (TPSA) is 117 Å². The number of anilines is 1. The fourth-order valence-electron chi connectivity index (χ4n) is 6.76. The second-order valence-electron chi connectivity index (χ2n) is 13.7. The number of nitrogens with zero attached hydrogens (tertiary/aromatic N) is 4. The van der Waals surface area contributed by atoms with Crippen molar-refractivity contribution < 1.29 is 23.6 Å². The monoisotopic (exact) mass is 652 g/mol. The SMILES string of the molecule is CCC(=O)N[C@H](Cc1ccc(NC(=O)[C@@H](CC(=O)c2cc(CC(C)C)nn2CC)C2CCCCC2)c(F)c1)C(=O)N1CCN(C)CC1. The highest BCUT2D eigenvalue weighted by Gasteiger charge is 2.33. The highest BCUT2D eigenvalue weighted by molar-refractivity contribution is 6.00. The van der Waals surface area contributed by atoms with E-state index in [1.807, 2.05) is 20.0 Å². The summed E-state index contributed by atoms with van der Waals surface area (Å²) in [5.74, 6) is -1.70. The Morgan fingerprint density at radius 1 is 0.979 bits per heavy atom. The van der Waals surface area contributed by atoms with E-state index in [1.54, 1.807) is 22.6 Å². The van der Waals surface area contributed by atoms with Gasteiger partial charge in [0.1, 0.15) is 17.6 Å². The molecule has 4 rings (SSSR count). The molecule has 11 heteroatoms. The lowest BCUT2D eigenvalue weighted by atomic mass is 9.77. The van der Waals surface area contributed by atoms with Crippen LogP contribution in [0.4, 0.5) is 10.1 Å². The Balaban J connectivity index is 1.49. The summed E-state index contributed by atoms with van der Waals surface area (Å²) in [5, 5.41) is 10.2. The molecule has 0 unspecified atom stereocenters. The van der Waals surface area contributed by atoms with Crippen molar-refractivity contribution in [3.8, 4) is 0 Å². The van der Waals surface area contributed by atoms with E-state index in [2.05, 4.69) is 34.5 Å². The van der Waals surface area contributed by atoms with E-state index in [0.717, 1.165) is 57.3 Å². The van der Waals surface area contributed by atoms with Gasteiger partial charge >= 0.3 is 0 Å². The number of hydrogen-bond donors (Lipinski definition) is 2. The van der Waals surface area contributed by atoms with Crippen molar-refractivity contribution in [1.29, 1.82) is 0 Å². The fourth-order valence-corrected chi connectivity index (χ4v) is 6.76. The van der Waals surface area contributed by atoms with Crippen molar-refractivity contribution in [2.75, 3.05) is 38.5 Å². The summed E-state index contributed by atoms with van der Waals surface area (Å²) in [6.45, 7) is 11.1. The van der Waals surface area contributed by atoms with Crippen LogP contribution in [0.15, 0.2) is 24.3 Å². The van der Waals surface area contributed by atoms with E-state index >= 15 is 4.39 Å². The molecule has 2 atom stereocenters. The molecule has 1 aromatic heterocycles. The predicted molar refractivity (Wildman–Crippen MR) is 180 cm³/mol. The number of likely N-dealkylation sites (N-methyl/N-ethyl adjacent to an activating group) is 1. The summed E-state index contributed by atoms with van der Waals surface area (Å²) in [4.78, 5) is 57.0. The summed E-state index contributed by atoms with van der Waals surface area (Å²) in [7, 11) is 2.00. The average Bonchev–Trinajstić information content (AvgIpc) is 3.47. The number of aryl methyl sites for hydroxylation is 1. The number of nitrogens with one attached hydrogen (secondary N) is 2. The molecular weight excluding hydrogens is 599 g/mol. The summed E-state index contributed by atoms with van der Waals surface area (Å²) in [6.07, 6.45) is 5.98. The minimum Gasteiger partial charge on any atom is -0.344 e. The molecule has 1 saturated heterocycles. The molecular formula is C36H53FN6O4. The number of carbonyl (C=O) groups is 4. The molecule has 2 N–H and O–H groups in total. The number of ketones is 1. The first-order valence-corrected chi connectivity index (χ1v) is 17.4. The van der Waals surface area contributed by atoms with Crippen LogP contribution in [-0.4, -0.2) is 82.4 Å². The highest BCUT2D eigenvalue weighted by Crippen LogP contribution is 2.34. The second kappa shape index (κ2) is 17.0.